The van der Waals surface area contributed by atoms with Gasteiger partial charge in [-0.25, -0.2) is 0 Å². The van der Waals surface area contributed by atoms with Crippen molar-refractivity contribution >= 4 is 5.97 Å². The molecule has 0 aliphatic rings. The summed E-state index contributed by atoms with van der Waals surface area (Å²) in [5.41, 5.74) is 1.28. The third-order valence-electron chi connectivity index (χ3n) is 3.30. The number of hydrogen-bond acceptors (Lipinski definition) is 3. The van der Waals surface area contributed by atoms with E-state index in [1.807, 2.05) is 19.1 Å². The molecule has 0 saturated carbocycles. The van der Waals surface area contributed by atoms with Crippen LogP contribution in [0.25, 0.3) is 0 Å². The first kappa shape index (κ1) is 15.3. The molecule has 0 aliphatic heterocycles. The van der Waals surface area contributed by atoms with Gasteiger partial charge in [-0.3, -0.25) is 4.79 Å². The normalized spacial score (nSPS) is 11.2. The number of benzene rings is 1. The fraction of sp³-hybridized carbons (Fsp3) is 0.533. The minimum atomic E-state index is -0.802. The Hall–Kier alpha value is -1.71. The van der Waals surface area contributed by atoms with Crippen LogP contribution in [0.1, 0.15) is 31.9 Å². The largest absolute Gasteiger partial charge is 0.493 e. The van der Waals surface area contributed by atoms with Crippen molar-refractivity contribution < 1.29 is 19.4 Å². The molecule has 0 unspecified atom stereocenters. The van der Waals surface area contributed by atoms with Crippen LogP contribution in [0.5, 0.6) is 11.5 Å². The second kappa shape index (κ2) is 5.95. The summed E-state index contributed by atoms with van der Waals surface area (Å²) in [6.07, 6.45) is 1.29. The highest BCUT2D eigenvalue weighted by atomic mass is 16.5. The average molecular weight is 266 g/mol. The van der Waals surface area contributed by atoms with Gasteiger partial charge in [0.05, 0.1) is 19.6 Å². The summed E-state index contributed by atoms with van der Waals surface area (Å²) in [6.45, 7) is 5.50. The maximum absolute atomic E-state index is 11.2. The molecule has 1 aromatic rings. The van der Waals surface area contributed by atoms with Crippen LogP contribution < -0.4 is 9.47 Å². The third kappa shape index (κ3) is 3.40. The Bertz CT molecular complexity index is 463. The Balaban J connectivity index is 3.23. The molecule has 0 bridgehead atoms. The van der Waals surface area contributed by atoms with Gasteiger partial charge < -0.3 is 14.6 Å². The molecule has 0 aromatic heterocycles. The number of carboxylic acids is 1. The van der Waals surface area contributed by atoms with E-state index >= 15 is 0 Å². The molecule has 0 atom stereocenters. The Morgan fingerprint density at radius 1 is 1.16 bits per heavy atom. The molecule has 4 nitrogen and oxygen atoms in total. The lowest BCUT2D eigenvalue weighted by Gasteiger charge is -2.22. The van der Waals surface area contributed by atoms with E-state index in [0.717, 1.165) is 17.5 Å². The van der Waals surface area contributed by atoms with Crippen LogP contribution in [0, 0.1) is 5.41 Å². The Kier molecular flexibility index (Phi) is 4.81. The first-order chi connectivity index (χ1) is 8.85. The predicted octanol–water partition coefficient (Wildman–Crippen LogP) is 2.92. The molecular weight excluding hydrogens is 244 g/mol. The van der Waals surface area contributed by atoms with Crippen molar-refractivity contribution in [2.75, 3.05) is 14.2 Å². The Morgan fingerprint density at radius 2 is 1.63 bits per heavy atom. The summed E-state index contributed by atoms with van der Waals surface area (Å²) < 4.78 is 10.5. The number of carboxylic acid groups (broad SMARTS) is 1. The lowest BCUT2D eigenvalue weighted by atomic mass is 9.83. The van der Waals surface area contributed by atoms with Crippen LogP contribution in [0.15, 0.2) is 12.1 Å². The lowest BCUT2D eigenvalue weighted by Crippen LogP contribution is -2.26. The number of rotatable bonds is 6. The zero-order valence-corrected chi connectivity index (χ0v) is 12.2. The third-order valence-corrected chi connectivity index (χ3v) is 3.30. The number of carbonyl (C=O) groups is 1. The van der Waals surface area contributed by atoms with E-state index in [9.17, 15) is 9.90 Å². The molecule has 0 spiro atoms. The van der Waals surface area contributed by atoms with Gasteiger partial charge in [0, 0.05) is 0 Å². The monoisotopic (exact) mass is 266 g/mol. The van der Waals surface area contributed by atoms with Crippen molar-refractivity contribution in [1.82, 2.24) is 0 Å². The molecule has 0 amide bonds. The molecule has 106 valence electrons. The van der Waals surface area contributed by atoms with E-state index in [1.165, 1.54) is 0 Å². The van der Waals surface area contributed by atoms with Gasteiger partial charge in [0.2, 0.25) is 0 Å². The Morgan fingerprint density at radius 3 is 2.00 bits per heavy atom. The fourth-order valence-corrected chi connectivity index (χ4v) is 2.01. The molecule has 1 aromatic carbocycles. The number of methoxy groups -OCH3 is 2. The van der Waals surface area contributed by atoms with Crippen molar-refractivity contribution in [1.29, 1.82) is 0 Å². The summed E-state index contributed by atoms with van der Waals surface area (Å²) in [6, 6.07) is 3.80. The number of ether oxygens (including phenoxy) is 2. The maximum Gasteiger partial charge on any atom is 0.309 e. The minimum absolute atomic E-state index is 0.464. The number of aliphatic carboxylic acids is 1. The highest BCUT2D eigenvalue weighted by Crippen LogP contribution is 2.34. The van der Waals surface area contributed by atoms with Crippen molar-refractivity contribution in [2.24, 2.45) is 5.41 Å². The van der Waals surface area contributed by atoms with Gasteiger partial charge in [-0.15, -0.1) is 0 Å². The number of aryl methyl sites for hydroxylation is 1. The van der Waals surface area contributed by atoms with Gasteiger partial charge in [0.15, 0.2) is 11.5 Å². The first-order valence-corrected chi connectivity index (χ1v) is 6.32. The molecule has 0 aliphatic carbocycles. The van der Waals surface area contributed by atoms with E-state index in [-0.39, 0.29) is 0 Å². The number of hydrogen-bond donors (Lipinski definition) is 1. The molecule has 0 radical (unpaired) electrons. The smallest absolute Gasteiger partial charge is 0.309 e. The molecule has 0 fully saturated rings. The van der Waals surface area contributed by atoms with E-state index in [1.54, 1.807) is 28.1 Å². The molecular formula is C15H22O4. The van der Waals surface area contributed by atoms with E-state index in [2.05, 4.69) is 0 Å². The topological polar surface area (TPSA) is 55.8 Å². The van der Waals surface area contributed by atoms with Gasteiger partial charge in [-0.05, 0) is 49.9 Å². The van der Waals surface area contributed by atoms with E-state index < -0.39 is 11.4 Å². The molecule has 19 heavy (non-hydrogen) atoms. The highest BCUT2D eigenvalue weighted by Gasteiger charge is 2.28. The van der Waals surface area contributed by atoms with Crippen molar-refractivity contribution in [3.05, 3.63) is 23.3 Å². The summed E-state index contributed by atoms with van der Waals surface area (Å²) in [4.78, 5) is 11.2. The van der Waals surface area contributed by atoms with Crippen molar-refractivity contribution in [2.45, 2.75) is 33.6 Å². The van der Waals surface area contributed by atoms with Gasteiger partial charge in [0.1, 0.15) is 0 Å². The summed E-state index contributed by atoms with van der Waals surface area (Å²) in [5.74, 6) is 0.511. The van der Waals surface area contributed by atoms with Crippen molar-refractivity contribution in [3.63, 3.8) is 0 Å². The first-order valence-electron chi connectivity index (χ1n) is 6.32. The van der Waals surface area contributed by atoms with Gasteiger partial charge in [0.25, 0.3) is 0 Å². The van der Waals surface area contributed by atoms with Gasteiger partial charge in [-0.1, -0.05) is 6.92 Å². The zero-order chi connectivity index (χ0) is 14.6. The van der Waals surface area contributed by atoms with E-state index in [0.29, 0.717) is 17.9 Å². The molecule has 0 heterocycles. The van der Waals surface area contributed by atoms with Crippen LogP contribution in [0.2, 0.25) is 0 Å². The zero-order valence-electron chi connectivity index (χ0n) is 12.2. The predicted molar refractivity (Wildman–Crippen MR) is 74.0 cm³/mol. The molecule has 4 heteroatoms. The molecule has 0 saturated heterocycles. The standard InChI is InChI=1S/C15H22O4/c1-6-10-7-12(18-4)13(19-5)8-11(10)9-15(2,3)14(16)17/h7-8H,6,9H2,1-5H3,(H,16,17). The average Bonchev–Trinajstić information content (AvgIpc) is 2.37. The quantitative estimate of drug-likeness (QED) is 0.860. The van der Waals surface area contributed by atoms with Crippen LogP contribution in [0.3, 0.4) is 0 Å². The van der Waals surface area contributed by atoms with Crippen LogP contribution in [-0.4, -0.2) is 25.3 Å². The van der Waals surface area contributed by atoms with Crippen LogP contribution in [-0.2, 0) is 17.6 Å². The highest BCUT2D eigenvalue weighted by molar-refractivity contribution is 5.74. The minimum Gasteiger partial charge on any atom is -0.493 e. The summed E-state index contributed by atoms with van der Waals surface area (Å²) in [7, 11) is 3.17. The Labute approximate surface area is 114 Å². The van der Waals surface area contributed by atoms with Crippen LogP contribution >= 0.6 is 0 Å². The van der Waals surface area contributed by atoms with Gasteiger partial charge >= 0.3 is 5.97 Å². The summed E-state index contributed by atoms with van der Waals surface area (Å²) in [5, 5.41) is 9.24. The summed E-state index contributed by atoms with van der Waals surface area (Å²) >= 11 is 0. The second-order valence-corrected chi connectivity index (χ2v) is 5.20. The van der Waals surface area contributed by atoms with Gasteiger partial charge in [-0.2, -0.15) is 0 Å². The van der Waals surface area contributed by atoms with Crippen molar-refractivity contribution in [3.8, 4) is 11.5 Å². The molecule has 1 rings (SSSR count). The lowest BCUT2D eigenvalue weighted by molar-refractivity contribution is -0.146. The van der Waals surface area contributed by atoms with E-state index in [4.69, 9.17) is 9.47 Å². The fourth-order valence-electron chi connectivity index (χ4n) is 2.01. The second-order valence-electron chi connectivity index (χ2n) is 5.20. The SMILES string of the molecule is CCc1cc(OC)c(OC)cc1CC(C)(C)C(=O)O. The maximum atomic E-state index is 11.2. The van der Waals surface area contributed by atoms with Crippen LogP contribution in [0.4, 0.5) is 0 Å². The molecule has 1 N–H and O–H groups in total.